The van der Waals surface area contributed by atoms with E-state index in [1.807, 2.05) is 6.07 Å². The lowest BCUT2D eigenvalue weighted by molar-refractivity contribution is -0.142. The number of rotatable bonds is 6. The molecule has 0 aromatic heterocycles. The number of ether oxygens (including phenoxy) is 1. The van der Waals surface area contributed by atoms with Gasteiger partial charge in [-0.1, -0.05) is 12.1 Å². The number of alkyl halides is 1. The van der Waals surface area contributed by atoms with E-state index in [0.29, 0.717) is 23.3 Å². The van der Waals surface area contributed by atoms with E-state index in [4.69, 9.17) is 21.6 Å². The number of carbonyl (C=O) groups is 2. The van der Waals surface area contributed by atoms with Crippen LogP contribution in [0.2, 0.25) is 0 Å². The third kappa shape index (κ3) is 4.38. The molecule has 0 fully saturated rings. The number of ketones is 1. The first-order valence-corrected chi connectivity index (χ1v) is 6.40. The Balaban J connectivity index is 3.06. The first-order valence-electron chi connectivity index (χ1n) is 5.86. The van der Waals surface area contributed by atoms with Crippen LogP contribution in [0.3, 0.4) is 0 Å². The summed E-state index contributed by atoms with van der Waals surface area (Å²) in [6.07, 6.45) is 0.107. The maximum Gasteiger partial charge on any atom is 0.310 e. The standard InChI is InChI=1S/C14H14ClNO3/c1-2-19-14(18)6-10-4-3-5-11(9-16)13(10)7-12(17)8-15/h3-5H,2,6-8H2,1H3. The van der Waals surface area contributed by atoms with Crippen LogP contribution in [0.4, 0.5) is 0 Å². The van der Waals surface area contributed by atoms with Crippen molar-refractivity contribution in [1.29, 1.82) is 5.26 Å². The molecule has 0 radical (unpaired) electrons. The van der Waals surface area contributed by atoms with Gasteiger partial charge in [0.25, 0.3) is 0 Å². The second-order valence-electron chi connectivity index (χ2n) is 3.89. The van der Waals surface area contributed by atoms with Gasteiger partial charge in [0.1, 0.15) is 0 Å². The van der Waals surface area contributed by atoms with Gasteiger partial charge in [0.15, 0.2) is 5.78 Å². The summed E-state index contributed by atoms with van der Waals surface area (Å²) in [5, 5.41) is 9.06. The largest absolute Gasteiger partial charge is 0.466 e. The second kappa shape index (κ2) is 7.55. The van der Waals surface area contributed by atoms with Crippen molar-refractivity contribution >= 4 is 23.4 Å². The number of nitrogens with zero attached hydrogens (tertiary/aromatic N) is 1. The van der Waals surface area contributed by atoms with E-state index in [1.165, 1.54) is 0 Å². The Morgan fingerprint density at radius 3 is 2.68 bits per heavy atom. The SMILES string of the molecule is CCOC(=O)Cc1cccc(C#N)c1CC(=O)CCl. The summed E-state index contributed by atoms with van der Waals surface area (Å²) in [5.74, 6) is -0.676. The van der Waals surface area contributed by atoms with Crippen molar-refractivity contribution in [2.75, 3.05) is 12.5 Å². The van der Waals surface area contributed by atoms with Crippen molar-refractivity contribution in [1.82, 2.24) is 0 Å². The molecule has 0 atom stereocenters. The second-order valence-corrected chi connectivity index (χ2v) is 4.15. The van der Waals surface area contributed by atoms with Crippen LogP contribution in [0.25, 0.3) is 0 Å². The van der Waals surface area contributed by atoms with Crippen LogP contribution in [0.1, 0.15) is 23.6 Å². The summed E-state index contributed by atoms with van der Waals surface area (Å²) >= 11 is 5.48. The van der Waals surface area contributed by atoms with Gasteiger partial charge < -0.3 is 4.74 Å². The molecule has 0 N–H and O–H groups in total. The minimum absolute atomic E-state index is 0.0499. The summed E-state index contributed by atoms with van der Waals surface area (Å²) < 4.78 is 4.87. The Kier molecular flexibility index (Phi) is 6.04. The van der Waals surface area contributed by atoms with Crippen molar-refractivity contribution in [2.45, 2.75) is 19.8 Å². The molecule has 0 amide bonds. The number of hydrogen-bond donors (Lipinski definition) is 0. The fourth-order valence-electron chi connectivity index (χ4n) is 1.73. The highest BCUT2D eigenvalue weighted by Gasteiger charge is 2.15. The number of hydrogen-bond acceptors (Lipinski definition) is 4. The van der Waals surface area contributed by atoms with Gasteiger partial charge in [0.2, 0.25) is 0 Å². The van der Waals surface area contributed by atoms with Crippen molar-refractivity contribution in [3.8, 4) is 6.07 Å². The number of carbonyl (C=O) groups excluding carboxylic acids is 2. The molecule has 0 unspecified atom stereocenters. The molecule has 0 spiro atoms. The van der Waals surface area contributed by atoms with Gasteiger partial charge in [0, 0.05) is 6.42 Å². The molecule has 100 valence electrons. The number of Topliss-reactive ketones (excluding diaryl/α,β-unsaturated/α-hetero) is 1. The minimum Gasteiger partial charge on any atom is -0.466 e. The Labute approximate surface area is 116 Å². The Morgan fingerprint density at radius 2 is 2.11 bits per heavy atom. The Hall–Kier alpha value is -1.86. The molecule has 1 aromatic rings. The van der Waals surface area contributed by atoms with Crippen molar-refractivity contribution in [2.24, 2.45) is 0 Å². The first-order chi connectivity index (χ1) is 9.12. The summed E-state index contributed by atoms with van der Waals surface area (Å²) in [4.78, 5) is 23.0. The molecule has 4 nitrogen and oxygen atoms in total. The molecule has 5 heteroatoms. The summed E-state index contributed by atoms with van der Waals surface area (Å²) in [6, 6.07) is 7.04. The van der Waals surface area contributed by atoms with Crippen LogP contribution in [0.5, 0.6) is 0 Å². The Morgan fingerprint density at radius 1 is 1.37 bits per heavy atom. The van der Waals surface area contributed by atoms with Crippen molar-refractivity contribution < 1.29 is 14.3 Å². The predicted molar refractivity (Wildman–Crippen MR) is 70.9 cm³/mol. The molecular formula is C14H14ClNO3. The third-order valence-electron chi connectivity index (χ3n) is 2.56. The van der Waals surface area contributed by atoms with Crippen molar-refractivity contribution in [3.05, 3.63) is 34.9 Å². The molecule has 19 heavy (non-hydrogen) atoms. The zero-order chi connectivity index (χ0) is 14.3. The van der Waals surface area contributed by atoms with Crippen LogP contribution < -0.4 is 0 Å². The van der Waals surface area contributed by atoms with Gasteiger partial charge in [-0.05, 0) is 24.1 Å². The van der Waals surface area contributed by atoms with E-state index in [-0.39, 0.29) is 30.5 Å². The lowest BCUT2D eigenvalue weighted by Crippen LogP contribution is -2.13. The van der Waals surface area contributed by atoms with Crippen molar-refractivity contribution in [3.63, 3.8) is 0 Å². The molecule has 0 aliphatic carbocycles. The number of halogens is 1. The molecule has 0 aliphatic heterocycles. The zero-order valence-electron chi connectivity index (χ0n) is 10.6. The van der Waals surface area contributed by atoms with Gasteiger partial charge in [-0.25, -0.2) is 0 Å². The highest BCUT2D eigenvalue weighted by atomic mass is 35.5. The maximum absolute atomic E-state index is 11.5. The molecule has 0 heterocycles. The summed E-state index contributed by atoms with van der Waals surface area (Å²) in [7, 11) is 0. The van der Waals surface area contributed by atoms with Gasteiger partial charge in [-0.2, -0.15) is 5.26 Å². The Bertz CT molecular complexity index is 520. The average Bonchev–Trinajstić information content (AvgIpc) is 2.40. The molecule has 0 aliphatic rings. The zero-order valence-corrected chi connectivity index (χ0v) is 11.4. The van der Waals surface area contributed by atoms with Gasteiger partial charge in [-0.15, -0.1) is 11.6 Å². The van der Waals surface area contributed by atoms with E-state index < -0.39 is 0 Å². The third-order valence-corrected chi connectivity index (χ3v) is 2.85. The maximum atomic E-state index is 11.5. The predicted octanol–water partition coefficient (Wildman–Crippen LogP) is 2.01. The number of benzene rings is 1. The molecule has 0 saturated heterocycles. The molecule has 0 saturated carbocycles. The molecule has 0 bridgehead atoms. The van der Waals surface area contributed by atoms with E-state index in [0.717, 1.165) is 0 Å². The highest BCUT2D eigenvalue weighted by Crippen LogP contribution is 2.17. The average molecular weight is 280 g/mol. The lowest BCUT2D eigenvalue weighted by atomic mass is 9.95. The number of esters is 1. The van der Waals surface area contributed by atoms with Crippen LogP contribution in [-0.4, -0.2) is 24.2 Å². The highest BCUT2D eigenvalue weighted by molar-refractivity contribution is 6.27. The monoisotopic (exact) mass is 279 g/mol. The fourth-order valence-corrected chi connectivity index (χ4v) is 1.82. The van der Waals surface area contributed by atoms with E-state index in [9.17, 15) is 9.59 Å². The van der Waals surface area contributed by atoms with E-state index >= 15 is 0 Å². The fraction of sp³-hybridized carbons (Fsp3) is 0.357. The van der Waals surface area contributed by atoms with Crippen LogP contribution in [0.15, 0.2) is 18.2 Å². The quantitative estimate of drug-likeness (QED) is 0.590. The topological polar surface area (TPSA) is 67.2 Å². The minimum atomic E-state index is -0.378. The smallest absolute Gasteiger partial charge is 0.310 e. The van der Waals surface area contributed by atoms with Crippen LogP contribution in [-0.2, 0) is 27.2 Å². The van der Waals surface area contributed by atoms with Gasteiger partial charge in [-0.3, -0.25) is 9.59 Å². The lowest BCUT2D eigenvalue weighted by Gasteiger charge is -2.10. The first kappa shape index (κ1) is 15.2. The van der Waals surface area contributed by atoms with E-state index in [1.54, 1.807) is 25.1 Å². The summed E-state index contributed by atoms with van der Waals surface area (Å²) in [6.45, 7) is 2.02. The van der Waals surface area contributed by atoms with Crippen LogP contribution >= 0.6 is 11.6 Å². The normalized spacial score (nSPS) is 9.74. The van der Waals surface area contributed by atoms with E-state index in [2.05, 4.69) is 0 Å². The molecular weight excluding hydrogens is 266 g/mol. The molecule has 1 aromatic carbocycles. The molecule has 1 rings (SSSR count). The number of nitriles is 1. The van der Waals surface area contributed by atoms with Crippen LogP contribution in [0, 0.1) is 11.3 Å². The van der Waals surface area contributed by atoms with Gasteiger partial charge >= 0.3 is 5.97 Å². The summed E-state index contributed by atoms with van der Waals surface area (Å²) in [5.41, 5.74) is 1.58. The van der Waals surface area contributed by atoms with Gasteiger partial charge in [0.05, 0.1) is 30.5 Å².